The Hall–Kier alpha value is -1.26. The molecule has 10 radical (unpaired) electrons. The van der Waals surface area contributed by atoms with E-state index in [-0.39, 0.29) is 40.8 Å². The number of ether oxygens (including phenoxy) is 1. The fourth-order valence-corrected chi connectivity index (χ4v) is 5.51. The maximum atomic E-state index is 12.4. The third-order valence-corrected chi connectivity index (χ3v) is 7.39. The maximum Gasteiger partial charge on any atom is 2.00 e. The van der Waals surface area contributed by atoms with Gasteiger partial charge >= 0.3 is 23.0 Å². The van der Waals surface area contributed by atoms with Crippen LogP contribution in [0.3, 0.4) is 0 Å². The summed E-state index contributed by atoms with van der Waals surface area (Å²) in [6.45, 7) is 4.09. The second-order valence-corrected chi connectivity index (χ2v) is 10.6. The zero-order valence-corrected chi connectivity index (χ0v) is 24.0. The van der Waals surface area contributed by atoms with Crippen molar-refractivity contribution < 1.29 is 31.5 Å². The van der Waals surface area contributed by atoms with Gasteiger partial charge in [-0.1, -0.05) is 74.5 Å². The van der Waals surface area contributed by atoms with Crippen LogP contribution in [0.2, 0.25) is 0 Å². The molecular formula is C31H37FeN2O3P+2. The van der Waals surface area contributed by atoms with Crippen molar-refractivity contribution in [2.75, 3.05) is 7.11 Å². The van der Waals surface area contributed by atoms with E-state index in [0.717, 1.165) is 17.0 Å². The maximum absolute atomic E-state index is 12.4. The number of nitrogens with one attached hydrogen (secondary N) is 2. The molecule has 2 aliphatic carbocycles. The van der Waals surface area contributed by atoms with Crippen LogP contribution in [0.15, 0.2) is 60.7 Å². The number of hydrogen-bond donors (Lipinski definition) is 3. The third kappa shape index (κ3) is 10.7. The van der Waals surface area contributed by atoms with Gasteiger partial charge in [-0.3, -0.25) is 15.2 Å². The van der Waals surface area contributed by atoms with Crippen LogP contribution in [-0.2, 0) is 26.6 Å². The molecule has 3 atom stereocenters. The molecule has 2 saturated carbocycles. The van der Waals surface area contributed by atoms with Crippen molar-refractivity contribution in [2.45, 2.75) is 38.1 Å². The minimum absolute atomic E-state index is 0. The number of hydrogen-bond acceptors (Lipinski definition) is 5. The number of benzene rings is 2. The van der Waals surface area contributed by atoms with E-state index >= 15 is 0 Å². The summed E-state index contributed by atoms with van der Waals surface area (Å²) >= 11 is 0. The molecule has 38 heavy (non-hydrogen) atoms. The molecule has 2 fully saturated rings. The van der Waals surface area contributed by atoms with Crippen LogP contribution in [0.5, 0.6) is 0 Å². The normalized spacial score (nSPS) is 17.8. The van der Waals surface area contributed by atoms with E-state index < -0.39 is 14.3 Å². The van der Waals surface area contributed by atoms with Crippen LogP contribution in [0.25, 0.3) is 0 Å². The summed E-state index contributed by atoms with van der Waals surface area (Å²) in [6.07, 6.45) is 18.5. The molecule has 0 amide bonds. The molecule has 0 heterocycles. The van der Waals surface area contributed by atoms with Crippen LogP contribution in [-0.4, -0.2) is 29.8 Å². The van der Waals surface area contributed by atoms with Crippen molar-refractivity contribution in [2.24, 2.45) is 5.92 Å². The second-order valence-electron chi connectivity index (χ2n) is 9.18. The molecular weight excluding hydrogens is 535 g/mol. The molecule has 2 unspecified atom stereocenters. The first-order valence-corrected chi connectivity index (χ1v) is 13.9. The van der Waals surface area contributed by atoms with Crippen molar-refractivity contribution >= 4 is 14.3 Å². The number of rotatable bonds is 11. The molecule has 2 aromatic rings. The number of methoxy groups -OCH3 is 1. The Morgan fingerprint density at radius 2 is 1.32 bits per heavy atom. The molecule has 3 N–H and O–H groups in total. The van der Waals surface area contributed by atoms with Crippen LogP contribution in [0.1, 0.15) is 37.4 Å². The number of carbonyl (C=O) groups is 1. The van der Waals surface area contributed by atoms with E-state index in [4.69, 9.17) is 4.74 Å². The Bertz CT molecular complexity index is 845. The van der Waals surface area contributed by atoms with Crippen molar-refractivity contribution in [3.05, 3.63) is 135 Å². The average Bonchev–Trinajstić information content (AvgIpc) is 3.67. The molecule has 0 aromatic heterocycles. The zero-order valence-electron chi connectivity index (χ0n) is 22.1. The molecule has 2 aliphatic rings. The van der Waals surface area contributed by atoms with E-state index in [1.807, 2.05) is 108 Å². The monoisotopic (exact) mass is 572 g/mol. The van der Waals surface area contributed by atoms with Crippen LogP contribution < -0.4 is 10.4 Å². The van der Waals surface area contributed by atoms with Gasteiger partial charge in [-0.15, -0.1) is 0 Å². The quantitative estimate of drug-likeness (QED) is 0.186. The molecule has 4 rings (SSSR count). The molecule has 7 heteroatoms. The molecule has 2 aromatic carbocycles. The molecule has 0 saturated heterocycles. The number of esters is 1. The first kappa shape index (κ1) is 32.9. The third-order valence-electron chi connectivity index (χ3n) is 5.88. The van der Waals surface area contributed by atoms with Crippen molar-refractivity contribution in [3.8, 4) is 0 Å². The number of carbonyl (C=O) groups excluding carboxylic acids is 1. The van der Waals surface area contributed by atoms with Gasteiger partial charge in [0.15, 0.2) is 0 Å². The summed E-state index contributed by atoms with van der Waals surface area (Å²) < 4.78 is 4.98. The van der Waals surface area contributed by atoms with Gasteiger partial charge in [0.05, 0.1) is 18.9 Å². The Labute approximate surface area is 242 Å². The van der Waals surface area contributed by atoms with Crippen molar-refractivity contribution in [3.63, 3.8) is 0 Å². The van der Waals surface area contributed by atoms with Gasteiger partial charge in [-0.2, -0.15) is 0 Å². The van der Waals surface area contributed by atoms with E-state index in [2.05, 4.69) is 34.7 Å². The van der Waals surface area contributed by atoms with E-state index in [1.54, 1.807) is 0 Å². The van der Waals surface area contributed by atoms with Crippen LogP contribution >= 0.6 is 8.30 Å². The molecule has 0 bridgehead atoms. The van der Waals surface area contributed by atoms with Crippen LogP contribution in [0, 0.1) is 69.6 Å². The Kier molecular flexibility index (Phi) is 15.7. The van der Waals surface area contributed by atoms with E-state index in [9.17, 15) is 9.69 Å². The Morgan fingerprint density at radius 1 is 0.842 bits per heavy atom. The molecule has 0 spiro atoms. The summed E-state index contributed by atoms with van der Waals surface area (Å²) in [5.41, 5.74) is 2.20. The molecule has 0 aliphatic heterocycles. The summed E-state index contributed by atoms with van der Waals surface area (Å²) in [4.78, 5) is 23.7. The predicted molar refractivity (Wildman–Crippen MR) is 151 cm³/mol. The largest absolute Gasteiger partial charge is 2.00 e. The smallest absolute Gasteiger partial charge is 0.468 e. The first-order valence-electron chi connectivity index (χ1n) is 12.6. The van der Waals surface area contributed by atoms with Gasteiger partial charge in [0, 0.05) is 5.92 Å². The van der Waals surface area contributed by atoms with E-state index in [1.165, 1.54) is 7.11 Å². The Morgan fingerprint density at radius 3 is 1.74 bits per heavy atom. The predicted octanol–water partition coefficient (Wildman–Crippen LogP) is 5.60. The summed E-state index contributed by atoms with van der Waals surface area (Å²) in [5.74, 6) is 0.506. The topological polar surface area (TPSA) is 70.6 Å². The average molecular weight is 572 g/mol. The van der Waals surface area contributed by atoms with Crippen molar-refractivity contribution in [1.29, 1.82) is 0 Å². The summed E-state index contributed by atoms with van der Waals surface area (Å²) in [6, 6.07) is 19.7. The van der Waals surface area contributed by atoms with Gasteiger partial charge in [0.1, 0.15) is 14.3 Å². The SMILES string of the molecule is COC(=O)[C@H](CC(C)C)NP(O)C(NC(c1ccccc1)c1ccccc1)[C]1[CH][CH][CH][CH]1.[CH]1[CH][CH][CH][CH]1.[Fe+2]. The van der Waals surface area contributed by atoms with Crippen LogP contribution in [0.4, 0.5) is 0 Å². The summed E-state index contributed by atoms with van der Waals surface area (Å²) in [7, 11) is -0.398. The van der Waals surface area contributed by atoms with Gasteiger partial charge in [-0.25, -0.2) is 0 Å². The zero-order chi connectivity index (χ0) is 26.5. The van der Waals surface area contributed by atoms with Gasteiger partial charge in [0.25, 0.3) is 0 Å². The van der Waals surface area contributed by atoms with Gasteiger partial charge in [-0.05, 0) is 81.3 Å². The van der Waals surface area contributed by atoms with Gasteiger partial charge in [0.2, 0.25) is 0 Å². The minimum Gasteiger partial charge on any atom is -0.468 e. The minimum atomic E-state index is -1.78. The fourth-order valence-electron chi connectivity index (χ4n) is 4.08. The first-order chi connectivity index (χ1) is 18.0. The second kappa shape index (κ2) is 18.2. The van der Waals surface area contributed by atoms with E-state index in [0.29, 0.717) is 6.42 Å². The van der Waals surface area contributed by atoms with Gasteiger partial charge < -0.3 is 9.63 Å². The molecule has 200 valence electrons. The van der Waals surface area contributed by atoms with Crippen molar-refractivity contribution in [1.82, 2.24) is 10.4 Å². The molecule has 5 nitrogen and oxygen atoms in total. The standard InChI is InChI=1S/C26H32N2O3P.C5H5.Fe/c1-19(2)18-23(26(29)31-3)28-32(30)25(22-16-10-11-17-22)27-24(20-12-6-4-7-13-20)21-14-8-5-9-15-21;1-2-4-5-3-1;/h4-17,19,23-25,27-28,30H,18H2,1-3H3;1-5H;/q;;+2/t23-,25?,32?;;/m0../s1. The Balaban J connectivity index is 0.000000756. The fraction of sp³-hybridized carbons (Fsp3) is 0.258. The summed E-state index contributed by atoms with van der Waals surface area (Å²) in [5, 5.41) is 6.85.